The highest BCUT2D eigenvalue weighted by atomic mass is 35.5. The van der Waals surface area contributed by atoms with Crippen molar-refractivity contribution in [2.24, 2.45) is 5.92 Å². The fourth-order valence-electron chi connectivity index (χ4n) is 3.73. The Morgan fingerprint density at radius 2 is 1.85 bits per heavy atom. The third-order valence-corrected chi connectivity index (χ3v) is 6.74. The molecule has 0 aromatic heterocycles. The van der Waals surface area contributed by atoms with Crippen molar-refractivity contribution < 1.29 is 23.9 Å². The van der Waals surface area contributed by atoms with E-state index in [1.807, 2.05) is 6.92 Å². The van der Waals surface area contributed by atoms with Gasteiger partial charge in [-0.2, -0.15) is 0 Å². The minimum atomic E-state index is -0.701. The predicted octanol–water partition coefficient (Wildman–Crippen LogP) is 4.88. The lowest BCUT2D eigenvalue weighted by molar-refractivity contribution is -0.145. The van der Waals surface area contributed by atoms with Crippen LogP contribution in [0.3, 0.4) is 0 Å². The second-order valence-corrected chi connectivity index (χ2v) is 9.29. The molecule has 1 fully saturated rings. The number of carbonyl (C=O) groups is 3. The van der Waals surface area contributed by atoms with Crippen LogP contribution in [-0.2, 0) is 19.1 Å². The highest BCUT2D eigenvalue weighted by Gasteiger charge is 2.28. The molecule has 1 heterocycles. The molecule has 0 spiro atoms. The van der Waals surface area contributed by atoms with E-state index in [-0.39, 0.29) is 23.8 Å². The van der Waals surface area contributed by atoms with E-state index < -0.39 is 12.0 Å². The molecule has 1 aromatic carbocycles. The number of likely N-dealkylation sites (tertiary alicyclic amines) is 1. The maximum absolute atomic E-state index is 12.6. The zero-order valence-corrected chi connectivity index (χ0v) is 21.7. The largest absolute Gasteiger partial charge is 0.489 e. The summed E-state index contributed by atoms with van der Waals surface area (Å²) in [5.41, 5.74) is 0.625. The lowest BCUT2D eigenvalue weighted by atomic mass is 9.95. The Kier molecular flexibility index (Phi) is 11.2. The number of hydrogen-bond acceptors (Lipinski definition) is 5. The van der Waals surface area contributed by atoms with E-state index in [4.69, 9.17) is 27.9 Å². The number of ether oxygens (including phenoxy) is 2. The third-order valence-electron chi connectivity index (χ3n) is 5.87. The van der Waals surface area contributed by atoms with Crippen molar-refractivity contribution in [1.82, 2.24) is 10.2 Å². The van der Waals surface area contributed by atoms with Crippen LogP contribution in [0.2, 0.25) is 10.0 Å². The van der Waals surface area contributed by atoms with Crippen LogP contribution in [0.4, 0.5) is 0 Å². The van der Waals surface area contributed by atoms with Crippen LogP contribution >= 0.6 is 23.2 Å². The minimum Gasteiger partial charge on any atom is -0.489 e. The van der Waals surface area contributed by atoms with Gasteiger partial charge in [-0.25, -0.2) is 4.79 Å². The Labute approximate surface area is 211 Å². The summed E-state index contributed by atoms with van der Waals surface area (Å²) in [6.07, 6.45) is 7.28. The third kappa shape index (κ3) is 7.91. The maximum Gasteiger partial charge on any atom is 0.328 e. The van der Waals surface area contributed by atoms with E-state index in [9.17, 15) is 14.4 Å². The molecule has 7 nitrogen and oxygen atoms in total. The number of nitrogens with one attached hydrogen (secondary N) is 1. The number of rotatable bonds is 10. The van der Waals surface area contributed by atoms with Gasteiger partial charge in [-0.05, 0) is 56.9 Å². The van der Waals surface area contributed by atoms with Gasteiger partial charge in [0.05, 0.1) is 18.2 Å². The number of amides is 2. The van der Waals surface area contributed by atoms with Gasteiger partial charge in [0.2, 0.25) is 11.8 Å². The Bertz CT molecular complexity index is 898. The van der Waals surface area contributed by atoms with Gasteiger partial charge in [0.1, 0.15) is 16.8 Å². The highest BCUT2D eigenvalue weighted by molar-refractivity contribution is 6.43. The standard InChI is InChI=1S/C25H34Cl2N2O5/c1-5-6-7-16(2)34-20-10-8-18(22(26)23(20)27)9-11-21(30)29-14-12-19(13-15-29)24(31)28-17(3)25(32)33-4/h8-11,16-17,19H,5-7,12-15H2,1-4H3,(H,28,31)/b11-9+/t16?,17-/m0/s1. The number of halogens is 2. The summed E-state index contributed by atoms with van der Waals surface area (Å²) in [5, 5.41) is 3.32. The van der Waals surface area contributed by atoms with Gasteiger partial charge >= 0.3 is 5.97 Å². The summed E-state index contributed by atoms with van der Waals surface area (Å²) >= 11 is 12.8. The van der Waals surface area contributed by atoms with E-state index in [0.717, 1.165) is 19.3 Å². The van der Waals surface area contributed by atoms with Crippen molar-refractivity contribution in [2.45, 2.75) is 65.0 Å². The van der Waals surface area contributed by atoms with Crippen molar-refractivity contribution in [3.05, 3.63) is 33.8 Å². The van der Waals surface area contributed by atoms with E-state index in [2.05, 4.69) is 17.0 Å². The van der Waals surface area contributed by atoms with Crippen LogP contribution in [-0.4, -0.2) is 55.0 Å². The molecule has 2 atom stereocenters. The number of esters is 1. The molecule has 0 radical (unpaired) electrons. The molecule has 1 saturated heterocycles. The van der Waals surface area contributed by atoms with Crippen molar-refractivity contribution in [3.8, 4) is 5.75 Å². The van der Waals surface area contributed by atoms with Crippen molar-refractivity contribution in [3.63, 3.8) is 0 Å². The van der Waals surface area contributed by atoms with Crippen LogP contribution in [0, 0.1) is 5.92 Å². The van der Waals surface area contributed by atoms with Crippen molar-refractivity contribution in [2.75, 3.05) is 20.2 Å². The number of nitrogens with zero attached hydrogens (tertiary/aromatic N) is 1. The van der Waals surface area contributed by atoms with E-state index >= 15 is 0 Å². The summed E-state index contributed by atoms with van der Waals surface area (Å²) in [6.45, 7) is 6.61. The van der Waals surface area contributed by atoms with Crippen LogP contribution in [0.25, 0.3) is 6.08 Å². The lowest BCUT2D eigenvalue weighted by Crippen LogP contribution is -2.46. The van der Waals surface area contributed by atoms with Crippen LogP contribution < -0.4 is 10.1 Å². The molecule has 2 amide bonds. The van der Waals surface area contributed by atoms with Crippen LogP contribution in [0.5, 0.6) is 5.75 Å². The normalized spacial score (nSPS) is 16.2. The van der Waals surface area contributed by atoms with Crippen LogP contribution in [0.1, 0.15) is 58.4 Å². The molecule has 1 aliphatic heterocycles. The Balaban J connectivity index is 1.91. The molecule has 188 valence electrons. The van der Waals surface area contributed by atoms with Gasteiger partial charge in [0.15, 0.2) is 0 Å². The van der Waals surface area contributed by atoms with E-state index in [1.54, 1.807) is 30.0 Å². The average molecular weight is 513 g/mol. The number of methoxy groups -OCH3 is 1. The van der Waals surface area contributed by atoms with Crippen LogP contribution in [0.15, 0.2) is 18.2 Å². The molecule has 34 heavy (non-hydrogen) atoms. The molecule has 1 aliphatic rings. The van der Waals surface area contributed by atoms with Gasteiger partial charge in [0.25, 0.3) is 0 Å². The molecule has 0 saturated carbocycles. The summed E-state index contributed by atoms with van der Waals surface area (Å²) in [5.74, 6) is -0.576. The monoisotopic (exact) mass is 512 g/mol. The van der Waals surface area contributed by atoms with Crippen molar-refractivity contribution >= 4 is 47.1 Å². The first-order chi connectivity index (χ1) is 16.2. The van der Waals surface area contributed by atoms with Gasteiger partial charge < -0.3 is 19.7 Å². The maximum atomic E-state index is 12.6. The van der Waals surface area contributed by atoms with Gasteiger partial charge in [-0.1, -0.05) is 43.0 Å². The molecule has 1 aromatic rings. The Morgan fingerprint density at radius 3 is 2.47 bits per heavy atom. The Hall–Kier alpha value is -2.25. The smallest absolute Gasteiger partial charge is 0.328 e. The van der Waals surface area contributed by atoms with Crippen molar-refractivity contribution in [1.29, 1.82) is 0 Å². The quantitative estimate of drug-likeness (QED) is 0.356. The van der Waals surface area contributed by atoms with Gasteiger partial charge in [0, 0.05) is 25.1 Å². The summed E-state index contributed by atoms with van der Waals surface area (Å²) < 4.78 is 10.5. The number of hydrogen-bond donors (Lipinski definition) is 1. The van der Waals surface area contributed by atoms with E-state index in [0.29, 0.717) is 47.3 Å². The fraction of sp³-hybridized carbons (Fsp3) is 0.560. The Morgan fingerprint density at radius 1 is 1.18 bits per heavy atom. The molecular formula is C25H34Cl2N2O5. The zero-order chi connectivity index (χ0) is 25.3. The summed E-state index contributed by atoms with van der Waals surface area (Å²) in [4.78, 5) is 38.2. The second-order valence-electron chi connectivity index (χ2n) is 8.54. The number of piperidine rings is 1. The first kappa shape index (κ1) is 28.0. The lowest BCUT2D eigenvalue weighted by Gasteiger charge is -2.31. The summed E-state index contributed by atoms with van der Waals surface area (Å²) in [7, 11) is 1.28. The van der Waals surface area contributed by atoms with E-state index in [1.165, 1.54) is 13.2 Å². The predicted molar refractivity (Wildman–Crippen MR) is 134 cm³/mol. The SMILES string of the molecule is CCCCC(C)Oc1ccc(/C=C/C(=O)N2CCC(C(=O)N[C@@H](C)C(=O)OC)CC2)c(Cl)c1Cl. The molecule has 1 unspecified atom stereocenters. The molecular weight excluding hydrogens is 479 g/mol. The average Bonchev–Trinajstić information content (AvgIpc) is 2.84. The highest BCUT2D eigenvalue weighted by Crippen LogP contribution is 2.36. The first-order valence-electron chi connectivity index (χ1n) is 11.7. The summed E-state index contributed by atoms with van der Waals surface area (Å²) in [6, 6.07) is 2.84. The molecule has 9 heteroatoms. The number of unbranched alkanes of at least 4 members (excludes halogenated alkanes) is 1. The number of carbonyl (C=O) groups excluding carboxylic acids is 3. The molecule has 0 aliphatic carbocycles. The second kappa shape index (κ2) is 13.6. The molecule has 0 bridgehead atoms. The molecule has 1 N–H and O–H groups in total. The first-order valence-corrected chi connectivity index (χ1v) is 12.4. The minimum absolute atomic E-state index is 0.0326. The zero-order valence-electron chi connectivity index (χ0n) is 20.2. The van der Waals surface area contributed by atoms with Gasteiger partial charge in [-0.3, -0.25) is 9.59 Å². The number of benzene rings is 1. The van der Waals surface area contributed by atoms with Gasteiger partial charge in [-0.15, -0.1) is 0 Å². The molecule has 2 rings (SSSR count). The topological polar surface area (TPSA) is 84.9 Å². The fourth-order valence-corrected chi connectivity index (χ4v) is 4.16.